The summed E-state index contributed by atoms with van der Waals surface area (Å²) < 4.78 is 66.2. The number of thiophene rings is 1. The van der Waals surface area contributed by atoms with Crippen LogP contribution in [0.1, 0.15) is 48.1 Å². The highest BCUT2D eigenvalue weighted by Crippen LogP contribution is 2.40. The molecule has 9 heteroatoms. The number of aryl methyl sites for hydroxylation is 2. The summed E-state index contributed by atoms with van der Waals surface area (Å²) in [5, 5.41) is 4.31. The van der Waals surface area contributed by atoms with E-state index in [0.29, 0.717) is 6.42 Å². The smallest absolute Gasteiger partial charge is 0.317 e. The molecule has 0 unspecified atom stereocenters. The minimum atomic E-state index is -4.34. The summed E-state index contributed by atoms with van der Waals surface area (Å²) in [6.07, 6.45) is 3.16. The molecule has 0 atom stereocenters. The number of nitrogens with one attached hydrogen (secondary N) is 1. The molecule has 192 valence electrons. The van der Waals surface area contributed by atoms with Crippen LogP contribution in [0.3, 0.4) is 0 Å². The molecule has 0 aliphatic carbocycles. The van der Waals surface area contributed by atoms with Gasteiger partial charge in [0.1, 0.15) is 0 Å². The number of rotatable bonds is 7. The zero-order valence-corrected chi connectivity index (χ0v) is 21.7. The summed E-state index contributed by atoms with van der Waals surface area (Å²) in [6.45, 7) is 4.65. The third kappa shape index (κ3) is 8.59. The maximum absolute atomic E-state index is 12.8. The lowest BCUT2D eigenvalue weighted by Crippen LogP contribution is -2.21. The highest BCUT2D eigenvalue weighted by Gasteiger charge is 2.30. The van der Waals surface area contributed by atoms with E-state index in [-0.39, 0.29) is 6.61 Å². The van der Waals surface area contributed by atoms with Crippen molar-refractivity contribution in [3.8, 4) is 11.1 Å². The topological polar surface area (TPSA) is 55.4 Å². The van der Waals surface area contributed by atoms with Gasteiger partial charge in [-0.05, 0) is 81.4 Å². The summed E-state index contributed by atoms with van der Waals surface area (Å²) in [6, 6.07) is 11.4. The van der Waals surface area contributed by atoms with E-state index < -0.39 is 21.9 Å². The lowest BCUT2D eigenvalue weighted by molar-refractivity contribution is -0.137. The first-order chi connectivity index (χ1) is 16.5. The van der Waals surface area contributed by atoms with Crippen LogP contribution >= 0.6 is 11.3 Å². The monoisotopic (exact) mass is 527 g/mol. The van der Waals surface area contributed by atoms with Crippen molar-refractivity contribution in [2.75, 3.05) is 26.0 Å². The largest absolute Gasteiger partial charge is 0.416 e. The maximum atomic E-state index is 12.8. The van der Waals surface area contributed by atoms with Gasteiger partial charge in [-0.2, -0.15) is 21.6 Å². The Morgan fingerprint density at radius 2 is 1.69 bits per heavy atom. The summed E-state index contributed by atoms with van der Waals surface area (Å²) >= 11 is 1.62. The van der Waals surface area contributed by atoms with Crippen molar-refractivity contribution in [3.05, 3.63) is 58.5 Å². The lowest BCUT2D eigenvalue weighted by atomic mass is 9.99. The van der Waals surface area contributed by atoms with E-state index in [1.54, 1.807) is 11.3 Å². The molecule has 1 N–H and O–H groups in total. The number of piperidine rings is 1. The van der Waals surface area contributed by atoms with Crippen molar-refractivity contribution in [3.63, 3.8) is 0 Å². The Morgan fingerprint density at radius 1 is 1.00 bits per heavy atom. The van der Waals surface area contributed by atoms with E-state index in [2.05, 4.69) is 11.4 Å². The van der Waals surface area contributed by atoms with Gasteiger partial charge in [-0.25, -0.2) is 0 Å². The standard InChI is InChI=1S/C21H21F3O3S2.C5H11N/c1-14-20(16-7-9-17(10-8-16)21(22,23)24)18-11-6-15(13-19(18)28-14)5-3-4-12-27-29(2,25)26;1-2-4-6-5-3-1/h6-11,13H,3-5,12H2,1-2H3;6H,1-5H2. The molecule has 1 aliphatic heterocycles. The molecule has 35 heavy (non-hydrogen) atoms. The number of benzene rings is 2. The quantitative estimate of drug-likeness (QED) is 0.267. The fraction of sp³-hybridized carbons (Fsp3) is 0.462. The number of fused-ring (bicyclic) bond motifs is 1. The van der Waals surface area contributed by atoms with Gasteiger partial charge in [0.15, 0.2) is 0 Å². The molecule has 0 amide bonds. The first-order valence-electron chi connectivity index (χ1n) is 11.8. The van der Waals surface area contributed by atoms with E-state index in [1.165, 1.54) is 44.5 Å². The fourth-order valence-corrected chi connectivity index (χ4v) is 5.62. The van der Waals surface area contributed by atoms with Crippen molar-refractivity contribution in [1.82, 2.24) is 5.32 Å². The predicted molar refractivity (Wildman–Crippen MR) is 137 cm³/mol. The Kier molecular flexibility index (Phi) is 9.75. The molecule has 1 aromatic heterocycles. The van der Waals surface area contributed by atoms with Crippen molar-refractivity contribution >= 4 is 31.5 Å². The van der Waals surface area contributed by atoms with Gasteiger partial charge in [0.25, 0.3) is 10.1 Å². The van der Waals surface area contributed by atoms with Crippen molar-refractivity contribution < 1.29 is 25.8 Å². The third-order valence-corrected chi connectivity index (χ3v) is 7.46. The molecular weight excluding hydrogens is 495 g/mol. The van der Waals surface area contributed by atoms with Gasteiger partial charge in [-0.15, -0.1) is 11.3 Å². The Morgan fingerprint density at radius 3 is 2.23 bits per heavy atom. The molecular formula is C26H32F3NO3S2. The van der Waals surface area contributed by atoms with E-state index in [4.69, 9.17) is 4.18 Å². The van der Waals surface area contributed by atoms with Crippen LogP contribution in [0.25, 0.3) is 21.2 Å². The number of hydrogen-bond donors (Lipinski definition) is 1. The van der Waals surface area contributed by atoms with Gasteiger partial charge < -0.3 is 5.32 Å². The number of hydrogen-bond acceptors (Lipinski definition) is 5. The van der Waals surface area contributed by atoms with Gasteiger partial charge in [0, 0.05) is 20.5 Å². The molecule has 3 aromatic rings. The lowest BCUT2D eigenvalue weighted by Gasteiger charge is -2.08. The van der Waals surface area contributed by atoms with Crippen LogP contribution in [0.15, 0.2) is 42.5 Å². The fourth-order valence-electron chi connectivity index (χ4n) is 4.05. The maximum Gasteiger partial charge on any atom is 0.416 e. The summed E-state index contributed by atoms with van der Waals surface area (Å²) in [4.78, 5) is 1.05. The second-order valence-corrected chi connectivity index (χ2v) is 11.6. The van der Waals surface area contributed by atoms with Gasteiger partial charge in [-0.3, -0.25) is 4.18 Å². The Balaban J connectivity index is 0.000000497. The van der Waals surface area contributed by atoms with Crippen LogP contribution in [-0.2, 0) is 26.9 Å². The zero-order valence-electron chi connectivity index (χ0n) is 20.1. The van der Waals surface area contributed by atoms with E-state index >= 15 is 0 Å². The first kappa shape index (κ1) is 27.6. The highest BCUT2D eigenvalue weighted by atomic mass is 32.2. The normalized spacial score (nSPS) is 14.5. The van der Waals surface area contributed by atoms with Crippen LogP contribution in [0, 0.1) is 6.92 Å². The predicted octanol–water partition coefficient (Wildman–Crippen LogP) is 6.95. The SMILES string of the molecule is C1CCNCC1.Cc1sc2cc(CCCCOS(C)(=O)=O)ccc2c1-c1ccc(C(F)(F)F)cc1. The summed E-state index contributed by atoms with van der Waals surface area (Å²) in [5.41, 5.74) is 2.22. The zero-order chi connectivity index (χ0) is 25.5. The molecule has 0 bridgehead atoms. The molecule has 1 fully saturated rings. The molecule has 4 rings (SSSR count). The molecule has 1 saturated heterocycles. The molecule has 0 radical (unpaired) electrons. The first-order valence-corrected chi connectivity index (χ1v) is 14.4. The molecule has 2 heterocycles. The summed E-state index contributed by atoms with van der Waals surface area (Å²) in [7, 11) is -3.40. The Labute approximate surface area is 209 Å². The number of halogens is 3. The summed E-state index contributed by atoms with van der Waals surface area (Å²) in [5.74, 6) is 0. The average Bonchev–Trinajstić information content (AvgIpc) is 3.14. The second kappa shape index (κ2) is 12.3. The van der Waals surface area contributed by atoms with Crippen LogP contribution in [0.5, 0.6) is 0 Å². The second-order valence-electron chi connectivity index (χ2n) is 8.73. The van der Waals surface area contributed by atoms with Crippen molar-refractivity contribution in [2.45, 2.75) is 51.6 Å². The van der Waals surface area contributed by atoms with E-state index in [9.17, 15) is 21.6 Å². The minimum absolute atomic E-state index is 0.178. The van der Waals surface area contributed by atoms with Gasteiger partial charge >= 0.3 is 6.18 Å². The highest BCUT2D eigenvalue weighted by molar-refractivity contribution is 7.85. The van der Waals surface area contributed by atoms with E-state index in [1.807, 2.05) is 19.1 Å². The number of alkyl halides is 3. The van der Waals surface area contributed by atoms with Gasteiger partial charge in [0.2, 0.25) is 0 Å². The molecule has 0 spiro atoms. The van der Waals surface area contributed by atoms with Crippen LogP contribution in [0.4, 0.5) is 13.2 Å². The van der Waals surface area contributed by atoms with Gasteiger partial charge in [-0.1, -0.05) is 30.7 Å². The van der Waals surface area contributed by atoms with Crippen molar-refractivity contribution in [1.29, 1.82) is 0 Å². The van der Waals surface area contributed by atoms with Crippen LogP contribution in [-0.4, -0.2) is 34.4 Å². The third-order valence-electron chi connectivity index (χ3n) is 5.80. The van der Waals surface area contributed by atoms with Gasteiger partial charge in [0.05, 0.1) is 18.4 Å². The Bertz CT molecular complexity index is 1190. The number of unbranched alkanes of at least 4 members (excludes halogenated alkanes) is 1. The average molecular weight is 528 g/mol. The van der Waals surface area contributed by atoms with E-state index in [0.717, 1.165) is 62.9 Å². The van der Waals surface area contributed by atoms with Crippen LogP contribution in [0.2, 0.25) is 0 Å². The molecule has 4 nitrogen and oxygen atoms in total. The molecule has 2 aromatic carbocycles. The minimum Gasteiger partial charge on any atom is -0.317 e. The molecule has 0 saturated carbocycles. The van der Waals surface area contributed by atoms with Crippen LogP contribution < -0.4 is 5.32 Å². The Hall–Kier alpha value is -1.94. The van der Waals surface area contributed by atoms with Crippen molar-refractivity contribution in [2.24, 2.45) is 0 Å². The molecule has 1 aliphatic rings.